The van der Waals surface area contributed by atoms with Crippen LogP contribution in [0.4, 0.5) is 0 Å². The third-order valence-corrected chi connectivity index (χ3v) is 6.23. The number of Topliss-reactive ketones (excluding diaryl/α,β-unsaturated/α-hetero) is 1. The largest absolute Gasteiger partial charge is 0.463 e. The third-order valence-electron chi connectivity index (χ3n) is 5.22. The summed E-state index contributed by atoms with van der Waals surface area (Å²) in [5.41, 5.74) is 1.92. The minimum absolute atomic E-state index is 0.0229. The number of nitriles is 1. The van der Waals surface area contributed by atoms with Crippen LogP contribution in [0, 0.1) is 16.7 Å². The Labute approximate surface area is 165 Å². The second-order valence-electron chi connectivity index (χ2n) is 7.61. The van der Waals surface area contributed by atoms with Crippen molar-refractivity contribution in [1.82, 2.24) is 14.8 Å². The highest BCUT2D eigenvalue weighted by Crippen LogP contribution is 2.48. The normalized spacial score (nSPS) is 18.2. The van der Waals surface area contributed by atoms with Crippen molar-refractivity contribution in [2.75, 3.05) is 0 Å². The van der Waals surface area contributed by atoms with Gasteiger partial charge in [0, 0.05) is 6.42 Å². The van der Waals surface area contributed by atoms with Crippen molar-refractivity contribution in [2.24, 2.45) is 5.41 Å². The minimum Gasteiger partial charge on any atom is -0.463 e. The van der Waals surface area contributed by atoms with Crippen LogP contribution >= 0.6 is 11.3 Å². The first-order valence-electron chi connectivity index (χ1n) is 8.95. The molecule has 1 atom stereocenters. The smallest absolute Gasteiger partial charge is 0.211 e. The Morgan fingerprint density at radius 1 is 1.29 bits per heavy atom. The first-order valence-corrected chi connectivity index (χ1v) is 9.77. The molecule has 0 N–H and O–H groups in total. The van der Waals surface area contributed by atoms with E-state index in [-0.39, 0.29) is 12.2 Å². The van der Waals surface area contributed by atoms with Crippen LogP contribution in [0.15, 0.2) is 47.1 Å². The molecule has 0 radical (unpaired) electrons. The molecule has 0 amide bonds. The number of fused-ring (bicyclic) bond motifs is 2. The molecule has 28 heavy (non-hydrogen) atoms. The number of rotatable bonds is 2. The van der Waals surface area contributed by atoms with Gasteiger partial charge in [-0.2, -0.15) is 10.4 Å². The van der Waals surface area contributed by atoms with Crippen LogP contribution in [0.25, 0.3) is 26.8 Å². The molecular weight excluding hydrogens is 372 g/mol. The summed E-state index contributed by atoms with van der Waals surface area (Å²) in [5.74, 6) is 0.00884. The van der Waals surface area contributed by atoms with Crippen molar-refractivity contribution in [2.45, 2.75) is 26.2 Å². The number of para-hydroxylation sites is 1. The molecule has 0 saturated heterocycles. The minimum atomic E-state index is -0.492. The van der Waals surface area contributed by atoms with Crippen molar-refractivity contribution in [3.05, 3.63) is 53.9 Å². The molecule has 0 saturated carbocycles. The van der Waals surface area contributed by atoms with E-state index in [1.165, 1.54) is 11.3 Å². The molecule has 0 aliphatic heterocycles. The Kier molecular flexibility index (Phi) is 3.55. The summed E-state index contributed by atoms with van der Waals surface area (Å²) < 4.78 is 8.23. The average Bonchev–Trinajstić information content (AvgIpc) is 3.38. The Bertz CT molecular complexity index is 1220. The zero-order chi connectivity index (χ0) is 19.5. The van der Waals surface area contributed by atoms with Crippen molar-refractivity contribution < 1.29 is 9.21 Å². The van der Waals surface area contributed by atoms with Crippen LogP contribution in [-0.4, -0.2) is 20.5 Å². The number of benzene rings is 1. The molecule has 5 rings (SSSR count). The van der Waals surface area contributed by atoms with Gasteiger partial charge in [-0.1, -0.05) is 37.3 Å². The van der Waals surface area contributed by atoms with E-state index in [1.54, 1.807) is 23.1 Å². The van der Waals surface area contributed by atoms with Gasteiger partial charge in [0.1, 0.15) is 5.69 Å². The van der Waals surface area contributed by atoms with E-state index in [9.17, 15) is 10.1 Å². The van der Waals surface area contributed by atoms with E-state index < -0.39 is 11.3 Å². The van der Waals surface area contributed by atoms with Gasteiger partial charge in [-0.25, -0.2) is 9.67 Å². The highest BCUT2D eigenvalue weighted by atomic mass is 32.1. The summed E-state index contributed by atoms with van der Waals surface area (Å²) in [6.45, 7) is 3.90. The number of thiazole rings is 1. The number of carbonyl (C=O) groups is 1. The molecular formula is C21H16N4O2S. The lowest BCUT2D eigenvalue weighted by Gasteiger charge is -2.33. The number of nitrogens with zero attached hydrogens (tertiary/aromatic N) is 4. The SMILES string of the molecule is CC1(C)CC(=O)c2c(-c3ccco3)nn(-c3nc4ccccc4s3)c2C1C#N. The van der Waals surface area contributed by atoms with Crippen molar-refractivity contribution in [3.63, 3.8) is 0 Å². The monoisotopic (exact) mass is 388 g/mol. The Morgan fingerprint density at radius 3 is 2.82 bits per heavy atom. The van der Waals surface area contributed by atoms with E-state index in [0.717, 1.165) is 10.2 Å². The number of furan rings is 1. The quantitative estimate of drug-likeness (QED) is 0.484. The molecule has 1 aliphatic carbocycles. The summed E-state index contributed by atoms with van der Waals surface area (Å²) in [6.07, 6.45) is 1.84. The van der Waals surface area contributed by atoms with Gasteiger partial charge < -0.3 is 4.42 Å². The van der Waals surface area contributed by atoms with Crippen molar-refractivity contribution in [3.8, 4) is 22.7 Å². The maximum Gasteiger partial charge on any atom is 0.211 e. The van der Waals surface area contributed by atoms with Crippen LogP contribution in [0.3, 0.4) is 0 Å². The molecule has 1 aromatic carbocycles. The molecule has 4 aromatic rings. The zero-order valence-electron chi connectivity index (χ0n) is 15.3. The summed E-state index contributed by atoms with van der Waals surface area (Å²) in [5, 5.41) is 15.3. The fraction of sp³-hybridized carbons (Fsp3) is 0.238. The van der Waals surface area contributed by atoms with Crippen LogP contribution < -0.4 is 0 Å². The number of ketones is 1. The van der Waals surface area contributed by atoms with E-state index in [1.807, 2.05) is 38.1 Å². The summed E-state index contributed by atoms with van der Waals surface area (Å²) in [7, 11) is 0. The van der Waals surface area contributed by atoms with E-state index in [2.05, 4.69) is 6.07 Å². The van der Waals surface area contributed by atoms with Crippen molar-refractivity contribution >= 4 is 27.3 Å². The second-order valence-corrected chi connectivity index (χ2v) is 8.62. The first kappa shape index (κ1) is 16.9. The molecule has 0 bridgehead atoms. The summed E-state index contributed by atoms with van der Waals surface area (Å²) in [6, 6.07) is 13.8. The first-order chi connectivity index (χ1) is 13.5. The predicted octanol–water partition coefficient (Wildman–Crippen LogP) is 4.96. The maximum atomic E-state index is 13.1. The number of hydrogen-bond donors (Lipinski definition) is 0. The second kappa shape index (κ2) is 5.88. The van der Waals surface area contributed by atoms with Crippen LogP contribution in [0.5, 0.6) is 0 Å². The summed E-state index contributed by atoms with van der Waals surface area (Å²) in [4.78, 5) is 17.8. The third kappa shape index (κ3) is 2.35. The molecule has 0 fully saturated rings. The zero-order valence-corrected chi connectivity index (χ0v) is 16.2. The van der Waals surface area contributed by atoms with Gasteiger partial charge >= 0.3 is 0 Å². The van der Waals surface area contributed by atoms with Gasteiger partial charge in [-0.3, -0.25) is 4.79 Å². The lowest BCUT2D eigenvalue weighted by Crippen LogP contribution is -2.32. The van der Waals surface area contributed by atoms with E-state index in [4.69, 9.17) is 14.5 Å². The predicted molar refractivity (Wildman–Crippen MR) is 106 cm³/mol. The Balaban J connectivity index is 1.84. The van der Waals surface area contributed by atoms with Gasteiger partial charge in [0.05, 0.1) is 39.7 Å². The van der Waals surface area contributed by atoms with Gasteiger partial charge in [0.2, 0.25) is 5.13 Å². The van der Waals surface area contributed by atoms with Gasteiger partial charge in [-0.05, 0) is 29.7 Å². The summed E-state index contributed by atoms with van der Waals surface area (Å²) >= 11 is 1.49. The molecule has 0 spiro atoms. The van der Waals surface area contributed by atoms with Gasteiger partial charge in [0.15, 0.2) is 11.5 Å². The molecule has 1 aliphatic rings. The number of aromatic nitrogens is 3. The average molecular weight is 388 g/mol. The van der Waals surface area contributed by atoms with Crippen LogP contribution in [-0.2, 0) is 0 Å². The number of carbonyl (C=O) groups excluding carboxylic acids is 1. The molecule has 1 unspecified atom stereocenters. The lowest BCUT2D eigenvalue weighted by molar-refractivity contribution is 0.0900. The molecule has 138 valence electrons. The molecule has 3 aromatic heterocycles. The molecule has 6 nitrogen and oxygen atoms in total. The van der Waals surface area contributed by atoms with Gasteiger partial charge in [0.25, 0.3) is 0 Å². The Hall–Kier alpha value is -3.24. The fourth-order valence-electron chi connectivity index (χ4n) is 3.87. The fourth-order valence-corrected chi connectivity index (χ4v) is 4.80. The van der Waals surface area contributed by atoms with Crippen molar-refractivity contribution in [1.29, 1.82) is 5.26 Å². The van der Waals surface area contributed by atoms with Crippen LogP contribution in [0.1, 0.15) is 42.2 Å². The molecule has 3 heterocycles. The van der Waals surface area contributed by atoms with Crippen LogP contribution in [0.2, 0.25) is 0 Å². The van der Waals surface area contributed by atoms with E-state index in [0.29, 0.717) is 27.8 Å². The number of hydrogen-bond acceptors (Lipinski definition) is 6. The van der Waals surface area contributed by atoms with E-state index >= 15 is 0 Å². The Morgan fingerprint density at radius 2 is 2.11 bits per heavy atom. The van der Waals surface area contributed by atoms with Gasteiger partial charge in [-0.15, -0.1) is 0 Å². The standard InChI is InChI=1S/C21H16N4O2S/c1-21(2)10-14(26)17-18(15-7-5-9-27-15)24-25(19(17)12(21)11-22)20-23-13-6-3-4-8-16(13)28-20/h3-9,12H,10H2,1-2H3. The maximum absolute atomic E-state index is 13.1. The topological polar surface area (TPSA) is 84.7 Å². The highest BCUT2D eigenvalue weighted by Gasteiger charge is 2.45. The lowest BCUT2D eigenvalue weighted by atomic mass is 9.68. The molecule has 7 heteroatoms. The highest BCUT2D eigenvalue weighted by molar-refractivity contribution is 7.20.